The highest BCUT2D eigenvalue weighted by Gasteiger charge is 2.08. The maximum absolute atomic E-state index is 8.04. The summed E-state index contributed by atoms with van der Waals surface area (Å²) in [6.45, 7) is 4.30. The lowest BCUT2D eigenvalue weighted by Crippen LogP contribution is -2.11. The minimum absolute atomic E-state index is 0.360. The molecular weight excluding hydrogens is 300 g/mol. The van der Waals surface area contributed by atoms with Crippen LogP contribution in [0.1, 0.15) is 0 Å². The van der Waals surface area contributed by atoms with Gasteiger partial charge in [0, 0.05) is 23.0 Å². The predicted molar refractivity (Wildman–Crippen MR) is 83.7 cm³/mol. The average Bonchev–Trinajstić information content (AvgIpc) is 2.97. The lowest BCUT2D eigenvalue weighted by molar-refractivity contribution is 0.0175. The molecule has 114 valence electrons. The van der Waals surface area contributed by atoms with E-state index in [0.29, 0.717) is 46.2 Å². The van der Waals surface area contributed by atoms with Gasteiger partial charge < -0.3 is 14.2 Å². The molecule has 1 aliphatic rings. The van der Waals surface area contributed by atoms with Crippen LogP contribution in [0.3, 0.4) is 0 Å². The van der Waals surface area contributed by atoms with Gasteiger partial charge in [0.25, 0.3) is 0 Å². The van der Waals surface area contributed by atoms with E-state index in [2.05, 4.69) is 15.0 Å². The largest absolute Gasteiger partial charge is 0.379 e. The van der Waals surface area contributed by atoms with E-state index in [4.69, 9.17) is 19.7 Å². The summed E-state index contributed by atoms with van der Waals surface area (Å²) in [5.74, 6) is 2.34. The Bertz CT molecular complexity index is 317. The normalized spacial score (nSPS) is 14.3. The number of aliphatic imine (C=N–C) groups is 1. The Kier molecular flexibility index (Phi) is 11.9. The summed E-state index contributed by atoms with van der Waals surface area (Å²) in [4.78, 5) is 7.06. The van der Waals surface area contributed by atoms with Crippen molar-refractivity contribution in [3.05, 3.63) is 10.4 Å². The molecule has 1 fully saturated rings. The molecule has 0 aromatic carbocycles. The Balaban J connectivity index is 1.74. The van der Waals surface area contributed by atoms with Crippen molar-refractivity contribution in [3.8, 4) is 0 Å². The van der Waals surface area contributed by atoms with E-state index in [0.717, 1.165) is 6.54 Å². The minimum Gasteiger partial charge on any atom is -0.379 e. The fourth-order valence-corrected chi connectivity index (χ4v) is 3.50. The first kappa shape index (κ1) is 17.6. The third kappa shape index (κ3) is 10.4. The molecule has 0 radical (unpaired) electrons. The van der Waals surface area contributed by atoms with E-state index in [-0.39, 0.29) is 0 Å². The molecule has 0 aromatic heterocycles. The van der Waals surface area contributed by atoms with Crippen LogP contribution in [0, 0.1) is 0 Å². The molecule has 0 amide bonds. The van der Waals surface area contributed by atoms with Crippen LogP contribution in [0.2, 0.25) is 0 Å². The van der Waals surface area contributed by atoms with Crippen molar-refractivity contribution in [1.82, 2.24) is 0 Å². The molecule has 1 aliphatic heterocycles. The minimum atomic E-state index is 0.360. The fraction of sp³-hybridized carbons (Fsp3) is 0.909. The smallest absolute Gasteiger partial charge is 0.124 e. The summed E-state index contributed by atoms with van der Waals surface area (Å²) in [6.07, 6.45) is 0. The third-order valence-corrected chi connectivity index (χ3v) is 4.69. The molecule has 1 saturated heterocycles. The highest BCUT2D eigenvalue weighted by molar-refractivity contribution is 8.41. The van der Waals surface area contributed by atoms with E-state index in [9.17, 15) is 0 Å². The topological polar surface area (TPSA) is 88.8 Å². The zero-order valence-corrected chi connectivity index (χ0v) is 13.0. The highest BCUT2D eigenvalue weighted by Crippen LogP contribution is 2.25. The molecule has 0 saturated carbocycles. The van der Waals surface area contributed by atoms with Crippen molar-refractivity contribution in [2.75, 3.05) is 64.2 Å². The molecule has 0 spiro atoms. The molecule has 0 atom stereocenters. The van der Waals surface area contributed by atoms with Gasteiger partial charge in [-0.1, -0.05) is 28.6 Å². The van der Waals surface area contributed by atoms with Gasteiger partial charge in [-0.2, -0.15) is 0 Å². The van der Waals surface area contributed by atoms with Crippen molar-refractivity contribution in [1.29, 1.82) is 0 Å². The predicted octanol–water partition coefficient (Wildman–Crippen LogP) is 2.18. The summed E-state index contributed by atoms with van der Waals surface area (Å²) in [7, 11) is 0. The molecule has 9 heteroatoms. The first-order valence-electron chi connectivity index (χ1n) is 6.47. The monoisotopic (exact) mass is 320 g/mol. The van der Waals surface area contributed by atoms with E-state index < -0.39 is 0 Å². The second kappa shape index (κ2) is 13.5. The fourth-order valence-electron chi connectivity index (χ4n) is 1.28. The Hall–Kier alpha value is -0.440. The van der Waals surface area contributed by atoms with Crippen molar-refractivity contribution in [2.24, 2.45) is 10.1 Å². The highest BCUT2D eigenvalue weighted by atomic mass is 32.2. The molecule has 0 N–H and O–H groups in total. The van der Waals surface area contributed by atoms with Gasteiger partial charge in [-0.3, -0.25) is 4.99 Å². The zero-order valence-electron chi connectivity index (χ0n) is 11.4. The molecule has 0 aliphatic carbocycles. The molecule has 1 heterocycles. The molecule has 0 bridgehead atoms. The van der Waals surface area contributed by atoms with Crippen molar-refractivity contribution in [2.45, 2.75) is 0 Å². The van der Waals surface area contributed by atoms with Gasteiger partial charge in [0.1, 0.15) is 4.38 Å². The Morgan fingerprint density at radius 2 is 1.45 bits per heavy atom. The SMILES string of the molecule is [N-]=[N+]=NCCOCCOCCOCCN=C1SCCS1. The molecule has 1 rings (SSSR count). The van der Waals surface area contributed by atoms with Crippen LogP contribution in [0.4, 0.5) is 0 Å². The van der Waals surface area contributed by atoms with Crippen LogP contribution in [0.25, 0.3) is 10.4 Å². The lowest BCUT2D eigenvalue weighted by atomic mass is 10.6. The lowest BCUT2D eigenvalue weighted by Gasteiger charge is -2.05. The number of nitrogens with zero attached hydrogens (tertiary/aromatic N) is 4. The third-order valence-electron chi connectivity index (χ3n) is 2.15. The molecule has 20 heavy (non-hydrogen) atoms. The summed E-state index contributed by atoms with van der Waals surface area (Å²) in [5, 5.41) is 3.36. The average molecular weight is 320 g/mol. The summed E-state index contributed by atoms with van der Waals surface area (Å²) in [6, 6.07) is 0. The summed E-state index contributed by atoms with van der Waals surface area (Å²) in [5.41, 5.74) is 8.04. The van der Waals surface area contributed by atoms with E-state index in [1.54, 1.807) is 0 Å². The van der Waals surface area contributed by atoms with Crippen molar-refractivity contribution < 1.29 is 14.2 Å². The molecule has 0 unspecified atom stereocenters. The van der Waals surface area contributed by atoms with Crippen LogP contribution in [0.5, 0.6) is 0 Å². The second-order valence-corrected chi connectivity index (χ2v) is 6.06. The maximum Gasteiger partial charge on any atom is 0.124 e. The number of hydrogen-bond acceptors (Lipinski definition) is 7. The standard InChI is InChI=1S/C11H20N4O3S2/c12-15-14-2-4-17-6-8-18-7-5-16-3-1-13-11-19-9-10-20-11/h1-10H2. The molecule has 0 aromatic rings. The first-order valence-corrected chi connectivity index (χ1v) is 8.44. The van der Waals surface area contributed by atoms with Crippen LogP contribution in [-0.2, 0) is 14.2 Å². The molecule has 7 nitrogen and oxygen atoms in total. The maximum atomic E-state index is 8.04. The first-order chi connectivity index (χ1) is 9.93. The summed E-state index contributed by atoms with van der Waals surface area (Å²) >= 11 is 3.64. The van der Waals surface area contributed by atoms with E-state index in [1.165, 1.54) is 15.9 Å². The number of thioether (sulfide) groups is 2. The quantitative estimate of drug-likeness (QED) is 0.238. The van der Waals surface area contributed by atoms with Crippen LogP contribution < -0.4 is 0 Å². The Morgan fingerprint density at radius 3 is 2.05 bits per heavy atom. The van der Waals surface area contributed by atoms with Gasteiger partial charge in [-0.05, 0) is 5.53 Å². The van der Waals surface area contributed by atoms with Crippen LogP contribution in [0.15, 0.2) is 10.1 Å². The van der Waals surface area contributed by atoms with Crippen LogP contribution in [-0.4, -0.2) is 68.6 Å². The van der Waals surface area contributed by atoms with Gasteiger partial charge in [0.2, 0.25) is 0 Å². The Labute approximate surface area is 127 Å². The van der Waals surface area contributed by atoms with Crippen molar-refractivity contribution >= 4 is 27.9 Å². The van der Waals surface area contributed by atoms with Gasteiger partial charge in [0.15, 0.2) is 0 Å². The van der Waals surface area contributed by atoms with E-state index >= 15 is 0 Å². The zero-order chi connectivity index (χ0) is 14.3. The van der Waals surface area contributed by atoms with Gasteiger partial charge in [-0.25, -0.2) is 0 Å². The van der Waals surface area contributed by atoms with Gasteiger partial charge >= 0.3 is 0 Å². The second-order valence-electron chi connectivity index (χ2n) is 3.64. The number of ether oxygens (including phenoxy) is 3. The van der Waals surface area contributed by atoms with E-state index in [1.807, 2.05) is 23.5 Å². The molecular formula is C11H20N4O3S2. The summed E-state index contributed by atoms with van der Waals surface area (Å²) < 4.78 is 17.1. The Morgan fingerprint density at radius 1 is 0.900 bits per heavy atom. The number of rotatable bonds is 12. The van der Waals surface area contributed by atoms with Gasteiger partial charge in [-0.15, -0.1) is 0 Å². The number of hydrogen-bond donors (Lipinski definition) is 0. The van der Waals surface area contributed by atoms with Crippen molar-refractivity contribution in [3.63, 3.8) is 0 Å². The van der Waals surface area contributed by atoms with Gasteiger partial charge in [0.05, 0.1) is 46.2 Å². The van der Waals surface area contributed by atoms with Crippen LogP contribution >= 0.6 is 23.5 Å². The number of azide groups is 1.